The summed E-state index contributed by atoms with van der Waals surface area (Å²) in [6.45, 7) is 5.80. The van der Waals surface area contributed by atoms with Crippen LogP contribution in [0.2, 0.25) is 0 Å². The van der Waals surface area contributed by atoms with Crippen LogP contribution in [0.1, 0.15) is 25.5 Å². The first kappa shape index (κ1) is 12.5. The number of hydrogen-bond acceptors (Lipinski definition) is 5. The molecule has 0 amide bonds. The summed E-state index contributed by atoms with van der Waals surface area (Å²) in [6.07, 6.45) is 3.19. The largest absolute Gasteiger partial charge is 0.269 e. The number of pyridine rings is 1. The predicted molar refractivity (Wildman–Crippen MR) is 73.4 cm³/mol. The van der Waals surface area contributed by atoms with Crippen molar-refractivity contribution in [3.8, 4) is 11.4 Å². The second-order valence-corrected chi connectivity index (χ2v) is 4.89. The average Bonchev–Trinajstić information content (AvgIpc) is 2.90. The highest BCUT2D eigenvalue weighted by Gasteiger charge is 2.14. The van der Waals surface area contributed by atoms with E-state index in [1.165, 1.54) is 15.4 Å². The second-order valence-electron chi connectivity index (χ2n) is 4.89. The number of nitrogens with zero attached hydrogens (tertiary/aromatic N) is 6. The lowest BCUT2D eigenvalue weighted by atomic mass is 10.2. The molecule has 0 unspecified atom stereocenters. The molecule has 0 radical (unpaired) electrons. The lowest BCUT2D eigenvalue weighted by Crippen LogP contribution is -2.17. The summed E-state index contributed by atoms with van der Waals surface area (Å²) >= 11 is 0. The van der Waals surface area contributed by atoms with Crippen molar-refractivity contribution in [2.24, 2.45) is 0 Å². The summed E-state index contributed by atoms with van der Waals surface area (Å²) in [4.78, 5) is 18.3. The Labute approximate surface area is 114 Å². The van der Waals surface area contributed by atoms with Gasteiger partial charge < -0.3 is 0 Å². The summed E-state index contributed by atoms with van der Waals surface area (Å²) in [6, 6.07) is 3.82. The number of aryl methyl sites for hydroxylation is 1. The Morgan fingerprint density at radius 3 is 2.80 bits per heavy atom. The van der Waals surface area contributed by atoms with Gasteiger partial charge in [0.1, 0.15) is 11.2 Å². The van der Waals surface area contributed by atoms with Crippen molar-refractivity contribution in [1.29, 1.82) is 0 Å². The number of tetrazole rings is 1. The Bertz CT molecular complexity index is 832. The molecule has 3 rings (SSSR count). The van der Waals surface area contributed by atoms with Crippen molar-refractivity contribution in [3.63, 3.8) is 0 Å². The van der Waals surface area contributed by atoms with Gasteiger partial charge >= 0.3 is 0 Å². The van der Waals surface area contributed by atoms with Crippen LogP contribution in [0.25, 0.3) is 17.0 Å². The zero-order chi connectivity index (χ0) is 14.3. The molecule has 3 aromatic rings. The van der Waals surface area contributed by atoms with Crippen molar-refractivity contribution < 1.29 is 0 Å². The summed E-state index contributed by atoms with van der Waals surface area (Å²) in [5.41, 5.74) is 1.73. The highest BCUT2D eigenvalue weighted by atomic mass is 16.1. The van der Waals surface area contributed by atoms with Crippen LogP contribution in [0.3, 0.4) is 0 Å². The molecule has 20 heavy (non-hydrogen) atoms. The second kappa shape index (κ2) is 4.52. The van der Waals surface area contributed by atoms with Gasteiger partial charge in [0, 0.05) is 12.4 Å². The summed E-state index contributed by atoms with van der Waals surface area (Å²) < 4.78 is 1.50. The van der Waals surface area contributed by atoms with Gasteiger partial charge in [-0.2, -0.15) is 4.80 Å². The van der Waals surface area contributed by atoms with Gasteiger partial charge in [0.25, 0.3) is 5.56 Å². The lowest BCUT2D eigenvalue weighted by Gasteiger charge is -2.03. The Morgan fingerprint density at radius 2 is 2.10 bits per heavy atom. The highest BCUT2D eigenvalue weighted by molar-refractivity contribution is 5.56. The first-order chi connectivity index (χ1) is 9.58. The molecule has 102 valence electrons. The molecule has 0 fully saturated rings. The third kappa shape index (κ3) is 1.87. The fraction of sp³-hybridized carbons (Fsp3) is 0.308. The van der Waals surface area contributed by atoms with Gasteiger partial charge in [-0.05, 0) is 37.6 Å². The standard InChI is InChI=1S/C13H14N6O/c1-8(2)19-16-11(15-17-19)10-7-14-12-9(3)5-4-6-18(12)13(10)20/h4-8H,1-3H3. The van der Waals surface area contributed by atoms with E-state index in [-0.39, 0.29) is 11.6 Å². The Hall–Kier alpha value is -2.57. The van der Waals surface area contributed by atoms with Gasteiger partial charge in [-0.25, -0.2) is 4.98 Å². The lowest BCUT2D eigenvalue weighted by molar-refractivity contribution is 0.455. The topological polar surface area (TPSA) is 78.0 Å². The van der Waals surface area contributed by atoms with Crippen LogP contribution in [-0.4, -0.2) is 29.6 Å². The van der Waals surface area contributed by atoms with Gasteiger partial charge in [0.05, 0.1) is 6.04 Å². The molecule has 0 aromatic carbocycles. The molecule has 0 aliphatic carbocycles. The highest BCUT2D eigenvalue weighted by Crippen LogP contribution is 2.11. The molecule has 0 bridgehead atoms. The average molecular weight is 270 g/mol. The molecule has 3 heterocycles. The molecule has 0 aliphatic rings. The zero-order valence-electron chi connectivity index (χ0n) is 11.5. The van der Waals surface area contributed by atoms with E-state index >= 15 is 0 Å². The molecule has 0 atom stereocenters. The number of fused-ring (bicyclic) bond motifs is 1. The fourth-order valence-corrected chi connectivity index (χ4v) is 1.95. The van der Waals surface area contributed by atoms with Crippen LogP contribution in [-0.2, 0) is 0 Å². The maximum Gasteiger partial charge on any atom is 0.269 e. The van der Waals surface area contributed by atoms with E-state index in [1.807, 2.05) is 32.9 Å². The van der Waals surface area contributed by atoms with Crippen LogP contribution in [0, 0.1) is 6.92 Å². The first-order valence-corrected chi connectivity index (χ1v) is 6.35. The minimum Gasteiger partial charge on any atom is -0.268 e. The zero-order valence-corrected chi connectivity index (χ0v) is 11.5. The van der Waals surface area contributed by atoms with Crippen molar-refractivity contribution in [2.75, 3.05) is 0 Å². The van der Waals surface area contributed by atoms with E-state index in [0.29, 0.717) is 17.0 Å². The van der Waals surface area contributed by atoms with Crippen LogP contribution in [0.15, 0.2) is 29.3 Å². The molecule has 0 aliphatic heterocycles. The third-order valence-electron chi connectivity index (χ3n) is 3.06. The minimum atomic E-state index is -0.193. The molecule has 7 nitrogen and oxygen atoms in total. The molecule has 7 heteroatoms. The van der Waals surface area contributed by atoms with E-state index in [2.05, 4.69) is 20.4 Å². The van der Waals surface area contributed by atoms with Gasteiger partial charge in [0.15, 0.2) is 0 Å². The molecule has 0 spiro atoms. The monoisotopic (exact) mass is 270 g/mol. The fourth-order valence-electron chi connectivity index (χ4n) is 1.95. The minimum absolute atomic E-state index is 0.0923. The van der Waals surface area contributed by atoms with Crippen molar-refractivity contribution in [1.82, 2.24) is 29.6 Å². The first-order valence-electron chi connectivity index (χ1n) is 6.35. The van der Waals surface area contributed by atoms with Crippen molar-refractivity contribution in [2.45, 2.75) is 26.8 Å². The van der Waals surface area contributed by atoms with E-state index in [1.54, 1.807) is 6.20 Å². The molecule has 0 saturated heterocycles. The predicted octanol–water partition coefficient (Wildman–Crippen LogP) is 1.24. The van der Waals surface area contributed by atoms with Crippen molar-refractivity contribution in [3.05, 3.63) is 40.4 Å². The number of rotatable bonds is 2. The Kier molecular flexibility index (Phi) is 2.81. The van der Waals surface area contributed by atoms with Crippen molar-refractivity contribution >= 4 is 5.65 Å². The van der Waals surface area contributed by atoms with E-state index < -0.39 is 0 Å². The van der Waals surface area contributed by atoms with E-state index in [4.69, 9.17) is 0 Å². The normalized spacial score (nSPS) is 11.4. The summed E-state index contributed by atoms with van der Waals surface area (Å²) in [7, 11) is 0. The van der Waals surface area contributed by atoms with Crippen LogP contribution in [0.5, 0.6) is 0 Å². The smallest absolute Gasteiger partial charge is 0.268 e. The van der Waals surface area contributed by atoms with Gasteiger partial charge in [-0.1, -0.05) is 6.07 Å². The molecule has 0 N–H and O–H groups in total. The molecular weight excluding hydrogens is 256 g/mol. The SMILES string of the molecule is Cc1cccn2c(=O)c(-c3nnn(C(C)C)n3)cnc12. The maximum atomic E-state index is 12.5. The summed E-state index contributed by atoms with van der Waals surface area (Å²) in [5.74, 6) is 0.298. The van der Waals surface area contributed by atoms with Crippen LogP contribution >= 0.6 is 0 Å². The Morgan fingerprint density at radius 1 is 1.30 bits per heavy atom. The maximum absolute atomic E-state index is 12.5. The van der Waals surface area contributed by atoms with Gasteiger partial charge in [-0.15, -0.1) is 10.2 Å². The Balaban J connectivity index is 2.22. The number of aromatic nitrogens is 6. The number of hydrogen-bond donors (Lipinski definition) is 0. The van der Waals surface area contributed by atoms with Gasteiger partial charge in [-0.3, -0.25) is 9.20 Å². The third-order valence-corrected chi connectivity index (χ3v) is 3.06. The molecule has 3 aromatic heterocycles. The molecule has 0 saturated carbocycles. The quantitative estimate of drug-likeness (QED) is 0.700. The summed E-state index contributed by atoms with van der Waals surface area (Å²) in [5, 5.41) is 12.1. The van der Waals surface area contributed by atoms with E-state index in [9.17, 15) is 4.79 Å². The van der Waals surface area contributed by atoms with E-state index in [0.717, 1.165) is 5.56 Å². The van der Waals surface area contributed by atoms with Gasteiger partial charge in [0.2, 0.25) is 5.82 Å². The van der Waals surface area contributed by atoms with Crippen LogP contribution in [0.4, 0.5) is 0 Å². The molecular formula is C13H14N6O. The van der Waals surface area contributed by atoms with Crippen LogP contribution < -0.4 is 5.56 Å².